The average molecular weight is 409 g/mol. The number of phenolic OH excluding ortho intramolecular Hbond substituents is 1. The van der Waals surface area contributed by atoms with Crippen molar-refractivity contribution in [2.75, 3.05) is 19.1 Å². The summed E-state index contributed by atoms with van der Waals surface area (Å²) in [5, 5.41) is 10.3. The van der Waals surface area contributed by atoms with Crippen LogP contribution in [0.1, 0.15) is 28.8 Å². The lowest BCUT2D eigenvalue weighted by Crippen LogP contribution is -2.38. The summed E-state index contributed by atoms with van der Waals surface area (Å²) in [4.78, 5) is 39.7. The lowest BCUT2D eigenvalue weighted by molar-refractivity contribution is -0.364. The van der Waals surface area contributed by atoms with Crippen LogP contribution in [0.4, 0.5) is 11.4 Å². The molecule has 1 N–H and O–H groups in total. The number of esters is 1. The average Bonchev–Trinajstić information content (AvgIpc) is 3.07. The van der Waals surface area contributed by atoms with Gasteiger partial charge in [-0.2, -0.15) is 0 Å². The van der Waals surface area contributed by atoms with Gasteiger partial charge in [-0.25, -0.2) is 4.79 Å². The molecule has 2 aliphatic rings. The number of amides is 2. The van der Waals surface area contributed by atoms with E-state index in [1.54, 1.807) is 11.1 Å². The van der Waals surface area contributed by atoms with Gasteiger partial charge in [-0.15, -0.1) is 4.58 Å². The number of benzene rings is 2. The zero-order chi connectivity index (χ0) is 21.4. The number of hydrogen-bond donors (Lipinski definition) is 1. The highest BCUT2D eigenvalue weighted by atomic mass is 16.5. The zero-order valence-electron chi connectivity index (χ0n) is 16.6. The van der Waals surface area contributed by atoms with Crippen LogP contribution in [-0.2, 0) is 20.7 Å². The lowest BCUT2D eigenvalue weighted by atomic mass is 10.1. The van der Waals surface area contributed by atoms with Gasteiger partial charge in [0.2, 0.25) is 5.69 Å². The van der Waals surface area contributed by atoms with Crippen LogP contribution in [0.15, 0.2) is 36.4 Å². The monoisotopic (exact) mass is 409 g/mol. The van der Waals surface area contributed by atoms with Crippen molar-refractivity contribution in [3.63, 3.8) is 0 Å². The Hall–Kier alpha value is -3.68. The summed E-state index contributed by atoms with van der Waals surface area (Å²) in [6, 6.07) is 9.98. The molecular formula is C22H21N2O6+. The van der Waals surface area contributed by atoms with Crippen LogP contribution in [0.3, 0.4) is 0 Å². The van der Waals surface area contributed by atoms with E-state index < -0.39 is 5.97 Å². The van der Waals surface area contributed by atoms with Crippen molar-refractivity contribution in [2.45, 2.75) is 25.3 Å². The zero-order valence-corrected chi connectivity index (χ0v) is 16.6. The molecule has 0 fully saturated rings. The number of hydrogen-bond acceptors (Lipinski definition) is 6. The van der Waals surface area contributed by atoms with Crippen LogP contribution in [0, 0.1) is 0 Å². The quantitative estimate of drug-likeness (QED) is 0.614. The first-order valence-corrected chi connectivity index (χ1v) is 9.51. The highest BCUT2D eigenvalue weighted by molar-refractivity contribution is 6.14. The summed E-state index contributed by atoms with van der Waals surface area (Å²) in [6.07, 6.45) is 2.05. The summed E-state index contributed by atoms with van der Waals surface area (Å²) in [6.45, 7) is 0. The maximum Gasteiger partial charge on any atom is 0.393 e. The van der Waals surface area contributed by atoms with Crippen molar-refractivity contribution in [2.24, 2.45) is 0 Å². The minimum Gasteiger partial charge on any atom is -0.504 e. The predicted octanol–water partition coefficient (Wildman–Crippen LogP) is 2.18. The van der Waals surface area contributed by atoms with E-state index in [1.807, 2.05) is 24.3 Å². The molecule has 0 spiro atoms. The molecule has 0 unspecified atom stereocenters. The second-order valence-corrected chi connectivity index (χ2v) is 7.11. The molecule has 0 aromatic heterocycles. The number of carbonyl (C=O) groups excluding carboxylic acids is 3. The lowest BCUT2D eigenvalue weighted by Gasteiger charge is -2.19. The van der Waals surface area contributed by atoms with Gasteiger partial charge in [0.05, 0.1) is 33.1 Å². The van der Waals surface area contributed by atoms with Gasteiger partial charge in [0.25, 0.3) is 5.91 Å². The topological polar surface area (TPSA) is 96.2 Å². The highest BCUT2D eigenvalue weighted by Gasteiger charge is 2.43. The minimum absolute atomic E-state index is 0.0836. The number of phenols is 1. The third-order valence-electron chi connectivity index (χ3n) is 5.38. The van der Waals surface area contributed by atoms with Gasteiger partial charge in [0.15, 0.2) is 17.7 Å². The normalized spacial score (nSPS) is 16.7. The Balaban J connectivity index is 1.84. The van der Waals surface area contributed by atoms with Crippen LogP contribution in [0.2, 0.25) is 0 Å². The third-order valence-corrected chi connectivity index (χ3v) is 5.38. The summed E-state index contributed by atoms with van der Waals surface area (Å²) in [5.74, 6) is -1.22. The molecule has 2 amide bonds. The molecule has 0 bridgehead atoms. The Morgan fingerprint density at radius 1 is 1.20 bits per heavy atom. The maximum absolute atomic E-state index is 13.5. The molecule has 8 nitrogen and oxygen atoms in total. The molecule has 4 rings (SSSR count). The van der Waals surface area contributed by atoms with Gasteiger partial charge in [0.1, 0.15) is 11.6 Å². The van der Waals surface area contributed by atoms with E-state index in [-0.39, 0.29) is 53.4 Å². The molecule has 154 valence electrons. The van der Waals surface area contributed by atoms with Crippen molar-refractivity contribution in [3.05, 3.63) is 47.5 Å². The first-order valence-electron chi connectivity index (χ1n) is 9.51. The van der Waals surface area contributed by atoms with E-state index in [2.05, 4.69) is 4.74 Å². The molecule has 0 saturated heterocycles. The fourth-order valence-corrected chi connectivity index (χ4v) is 3.92. The first kappa shape index (κ1) is 19.6. The Morgan fingerprint density at radius 3 is 2.70 bits per heavy atom. The van der Waals surface area contributed by atoms with E-state index in [0.29, 0.717) is 6.42 Å². The van der Waals surface area contributed by atoms with Crippen LogP contribution < -0.4 is 9.64 Å². The van der Waals surface area contributed by atoms with E-state index >= 15 is 0 Å². The predicted molar refractivity (Wildman–Crippen MR) is 108 cm³/mol. The molecule has 0 aliphatic carbocycles. The van der Waals surface area contributed by atoms with Crippen LogP contribution in [0.5, 0.6) is 11.5 Å². The van der Waals surface area contributed by atoms with E-state index in [1.165, 1.54) is 30.9 Å². The van der Waals surface area contributed by atoms with Gasteiger partial charge in [-0.3, -0.25) is 14.5 Å². The van der Waals surface area contributed by atoms with Crippen LogP contribution in [0.25, 0.3) is 0 Å². The van der Waals surface area contributed by atoms with Crippen molar-refractivity contribution in [1.29, 1.82) is 0 Å². The molecule has 2 aliphatic heterocycles. The molecule has 30 heavy (non-hydrogen) atoms. The molecular weight excluding hydrogens is 388 g/mol. The standard InChI is InChI=1S/C22H20N2O6/c1-29-19-10-15-17(11-18(19)25)23(20(26)7-8-21(27)30-2)12-14-9-13-5-3-4-6-16(13)24(14)22(15)28/h3-6,10-12,14H,7-9H2,1-2H3/p+1/t14-/m0/s1. The number of carbonyl (C=O) groups is 3. The number of methoxy groups -OCH3 is 2. The SMILES string of the molecule is COC(=O)CCC(=O)[N+]1=C[C@@H]2Cc3ccccc3N2C(=O)c2cc(OC)c(O)cc21. The Bertz CT molecular complexity index is 1090. The number of ether oxygens (including phenoxy) is 2. The van der Waals surface area contributed by atoms with Crippen LogP contribution >= 0.6 is 0 Å². The highest BCUT2D eigenvalue weighted by Crippen LogP contribution is 2.40. The molecule has 2 aromatic carbocycles. The minimum atomic E-state index is -0.498. The van der Waals surface area contributed by atoms with Crippen molar-refractivity contribution >= 4 is 35.4 Å². The van der Waals surface area contributed by atoms with Crippen molar-refractivity contribution in [1.82, 2.24) is 0 Å². The molecule has 8 heteroatoms. The number of para-hydroxylation sites is 1. The first-order chi connectivity index (χ1) is 14.4. The summed E-state index contributed by atoms with van der Waals surface area (Å²) < 4.78 is 11.1. The summed E-state index contributed by atoms with van der Waals surface area (Å²) in [5.41, 5.74) is 2.26. The second kappa shape index (κ2) is 7.62. The van der Waals surface area contributed by atoms with E-state index in [0.717, 1.165) is 11.3 Å². The number of nitrogens with zero attached hydrogens (tertiary/aromatic N) is 2. The molecule has 0 radical (unpaired) electrons. The smallest absolute Gasteiger partial charge is 0.393 e. The molecule has 2 heterocycles. The largest absolute Gasteiger partial charge is 0.504 e. The second-order valence-electron chi connectivity index (χ2n) is 7.11. The fraction of sp³-hybridized carbons (Fsp3) is 0.273. The number of rotatable bonds is 4. The molecule has 0 saturated carbocycles. The molecule has 1 atom stereocenters. The van der Waals surface area contributed by atoms with Gasteiger partial charge >= 0.3 is 11.9 Å². The van der Waals surface area contributed by atoms with Crippen LogP contribution in [-0.4, -0.2) is 53.9 Å². The third kappa shape index (κ3) is 3.20. The summed E-state index contributed by atoms with van der Waals surface area (Å²) >= 11 is 0. The number of aromatic hydroxyl groups is 1. The van der Waals surface area contributed by atoms with Gasteiger partial charge in [0, 0.05) is 18.2 Å². The Kier molecular flexibility index (Phi) is 4.99. The van der Waals surface area contributed by atoms with Gasteiger partial charge < -0.3 is 14.6 Å². The molecule has 2 aromatic rings. The number of fused-ring (bicyclic) bond motifs is 4. The Labute approximate surface area is 172 Å². The van der Waals surface area contributed by atoms with Crippen molar-refractivity contribution < 1.29 is 33.5 Å². The number of anilines is 1. The summed E-state index contributed by atoms with van der Waals surface area (Å²) in [7, 11) is 2.65. The Morgan fingerprint density at radius 2 is 1.97 bits per heavy atom. The fourth-order valence-electron chi connectivity index (χ4n) is 3.92. The van der Waals surface area contributed by atoms with Gasteiger partial charge in [-0.05, 0) is 11.6 Å². The van der Waals surface area contributed by atoms with E-state index in [4.69, 9.17) is 4.74 Å². The van der Waals surface area contributed by atoms with E-state index in [9.17, 15) is 19.5 Å². The van der Waals surface area contributed by atoms with Crippen molar-refractivity contribution in [3.8, 4) is 11.5 Å². The van der Waals surface area contributed by atoms with Gasteiger partial charge in [-0.1, -0.05) is 18.2 Å². The maximum atomic E-state index is 13.5.